The minimum absolute atomic E-state index is 0.394. The van der Waals surface area contributed by atoms with Crippen molar-refractivity contribution in [3.63, 3.8) is 0 Å². The topological polar surface area (TPSA) is 42.2 Å². The fourth-order valence-corrected chi connectivity index (χ4v) is 1.07. The Balaban J connectivity index is 3.29. The van der Waals surface area contributed by atoms with Gasteiger partial charge in [0.2, 0.25) is 0 Å². The molecule has 0 saturated carbocycles. The quantitative estimate of drug-likeness (QED) is 0.661. The third kappa shape index (κ3) is 1.13. The fourth-order valence-electron chi connectivity index (χ4n) is 1.07. The highest BCUT2D eigenvalue weighted by atomic mass is 16.4. The van der Waals surface area contributed by atoms with E-state index in [1.807, 2.05) is 18.5 Å². The van der Waals surface area contributed by atoms with E-state index >= 15 is 0 Å². The molecule has 11 heavy (non-hydrogen) atoms. The molecule has 0 aliphatic heterocycles. The molecule has 0 aliphatic carbocycles. The molecule has 60 valence electrons. The molecule has 0 radical (unpaired) electrons. The van der Waals surface area contributed by atoms with Crippen LogP contribution in [0, 0.1) is 13.8 Å². The summed E-state index contributed by atoms with van der Waals surface area (Å²) in [6, 6.07) is 1.68. The first kappa shape index (κ1) is 7.85. The van der Waals surface area contributed by atoms with Gasteiger partial charge in [-0.3, -0.25) is 0 Å². The third-order valence-electron chi connectivity index (χ3n) is 2.01. The van der Waals surface area contributed by atoms with Crippen LogP contribution in [0.2, 0.25) is 0 Å². The molecule has 0 aromatic carbocycles. The van der Waals surface area contributed by atoms with Gasteiger partial charge in [-0.15, -0.1) is 0 Å². The number of nitrogens with zero attached hydrogens (tertiary/aromatic N) is 1. The van der Waals surface area contributed by atoms with Crippen LogP contribution in [-0.4, -0.2) is 15.6 Å². The lowest BCUT2D eigenvalue weighted by Gasteiger charge is -1.98. The SMILES string of the molecule is Cc1cc(C(=O)O)c(C)n1C. The van der Waals surface area contributed by atoms with Gasteiger partial charge in [0.25, 0.3) is 0 Å². The van der Waals surface area contributed by atoms with Crippen LogP contribution >= 0.6 is 0 Å². The molecular weight excluding hydrogens is 142 g/mol. The Bertz CT molecular complexity index is 299. The Hall–Kier alpha value is -1.25. The average Bonchev–Trinajstić information content (AvgIpc) is 2.17. The highest BCUT2D eigenvalue weighted by molar-refractivity contribution is 5.89. The van der Waals surface area contributed by atoms with Crippen LogP contribution < -0.4 is 0 Å². The maximum Gasteiger partial charge on any atom is 0.337 e. The van der Waals surface area contributed by atoms with E-state index in [1.54, 1.807) is 13.0 Å². The van der Waals surface area contributed by atoms with E-state index < -0.39 is 5.97 Å². The molecule has 0 aliphatic rings. The van der Waals surface area contributed by atoms with Crippen LogP contribution in [0.25, 0.3) is 0 Å². The van der Waals surface area contributed by atoms with Crippen LogP contribution in [0.4, 0.5) is 0 Å². The molecule has 1 heterocycles. The normalized spacial score (nSPS) is 10.1. The van der Waals surface area contributed by atoms with E-state index in [9.17, 15) is 4.79 Å². The number of carbonyl (C=O) groups is 1. The molecule has 0 saturated heterocycles. The third-order valence-corrected chi connectivity index (χ3v) is 2.01. The number of aryl methyl sites for hydroxylation is 1. The molecule has 1 N–H and O–H groups in total. The molecule has 0 spiro atoms. The molecule has 0 bridgehead atoms. The van der Waals surface area contributed by atoms with Crippen molar-refractivity contribution in [2.75, 3.05) is 0 Å². The number of hydrogen-bond donors (Lipinski definition) is 1. The van der Waals surface area contributed by atoms with Gasteiger partial charge in [0.15, 0.2) is 0 Å². The molecule has 0 amide bonds. The van der Waals surface area contributed by atoms with Crippen LogP contribution in [0.15, 0.2) is 6.07 Å². The zero-order chi connectivity index (χ0) is 8.59. The van der Waals surface area contributed by atoms with Gasteiger partial charge >= 0.3 is 5.97 Å². The Kier molecular flexibility index (Phi) is 1.72. The molecule has 0 atom stereocenters. The summed E-state index contributed by atoms with van der Waals surface area (Å²) in [5.74, 6) is -0.855. The van der Waals surface area contributed by atoms with Gasteiger partial charge in [-0.05, 0) is 19.9 Å². The van der Waals surface area contributed by atoms with Crippen molar-refractivity contribution in [3.05, 3.63) is 23.0 Å². The molecule has 0 fully saturated rings. The summed E-state index contributed by atoms with van der Waals surface area (Å²) in [4.78, 5) is 10.6. The number of hydrogen-bond acceptors (Lipinski definition) is 1. The largest absolute Gasteiger partial charge is 0.478 e. The predicted molar refractivity (Wildman–Crippen MR) is 41.8 cm³/mol. The van der Waals surface area contributed by atoms with Crippen LogP contribution in [0.1, 0.15) is 21.7 Å². The Morgan fingerprint density at radius 1 is 1.55 bits per heavy atom. The zero-order valence-electron chi connectivity index (χ0n) is 6.88. The Morgan fingerprint density at radius 3 is 2.27 bits per heavy atom. The van der Waals surface area contributed by atoms with Crippen molar-refractivity contribution in [1.82, 2.24) is 4.57 Å². The van der Waals surface area contributed by atoms with E-state index in [-0.39, 0.29) is 0 Å². The highest BCUT2D eigenvalue weighted by Crippen LogP contribution is 2.12. The van der Waals surface area contributed by atoms with Crippen molar-refractivity contribution in [2.24, 2.45) is 7.05 Å². The van der Waals surface area contributed by atoms with Crippen LogP contribution in [0.5, 0.6) is 0 Å². The van der Waals surface area contributed by atoms with E-state index in [2.05, 4.69) is 0 Å². The molecule has 1 aromatic heterocycles. The second-order valence-corrected chi connectivity index (χ2v) is 2.65. The first-order chi connectivity index (χ1) is 5.04. The summed E-state index contributed by atoms with van der Waals surface area (Å²) >= 11 is 0. The monoisotopic (exact) mass is 153 g/mol. The lowest BCUT2D eigenvalue weighted by atomic mass is 10.2. The second kappa shape index (κ2) is 2.42. The predicted octanol–water partition coefficient (Wildman–Crippen LogP) is 1.34. The Labute approximate surface area is 65.3 Å². The molecule has 3 nitrogen and oxygen atoms in total. The van der Waals surface area contributed by atoms with Crippen molar-refractivity contribution in [2.45, 2.75) is 13.8 Å². The number of aromatic carboxylic acids is 1. The van der Waals surface area contributed by atoms with Gasteiger partial charge in [-0.25, -0.2) is 4.79 Å². The van der Waals surface area contributed by atoms with Gasteiger partial charge in [-0.2, -0.15) is 0 Å². The standard InChI is InChI=1S/C8H11NO2/c1-5-4-7(8(10)11)6(2)9(5)3/h4H,1-3H3,(H,10,11). The molecule has 1 rings (SSSR count). The summed E-state index contributed by atoms with van der Waals surface area (Å²) < 4.78 is 1.86. The smallest absolute Gasteiger partial charge is 0.337 e. The van der Waals surface area contributed by atoms with Crippen LogP contribution in [0.3, 0.4) is 0 Å². The zero-order valence-corrected chi connectivity index (χ0v) is 6.88. The first-order valence-electron chi connectivity index (χ1n) is 3.40. The van der Waals surface area contributed by atoms with Gasteiger partial charge in [0, 0.05) is 18.4 Å². The molecular formula is C8H11NO2. The van der Waals surface area contributed by atoms with Crippen molar-refractivity contribution < 1.29 is 9.90 Å². The van der Waals surface area contributed by atoms with E-state index in [0.717, 1.165) is 11.4 Å². The minimum atomic E-state index is -0.855. The van der Waals surface area contributed by atoms with Crippen molar-refractivity contribution >= 4 is 5.97 Å². The van der Waals surface area contributed by atoms with Gasteiger partial charge in [0.05, 0.1) is 5.56 Å². The maximum absolute atomic E-state index is 10.6. The highest BCUT2D eigenvalue weighted by Gasteiger charge is 2.11. The minimum Gasteiger partial charge on any atom is -0.478 e. The van der Waals surface area contributed by atoms with E-state index in [1.165, 1.54) is 0 Å². The average molecular weight is 153 g/mol. The van der Waals surface area contributed by atoms with Gasteiger partial charge in [-0.1, -0.05) is 0 Å². The Morgan fingerprint density at radius 2 is 2.09 bits per heavy atom. The lowest BCUT2D eigenvalue weighted by Crippen LogP contribution is -1.99. The molecule has 3 heteroatoms. The number of aromatic nitrogens is 1. The van der Waals surface area contributed by atoms with E-state index in [4.69, 9.17) is 5.11 Å². The number of carboxylic acid groups (broad SMARTS) is 1. The van der Waals surface area contributed by atoms with Gasteiger partial charge < -0.3 is 9.67 Å². The first-order valence-corrected chi connectivity index (χ1v) is 3.40. The molecule has 0 unspecified atom stereocenters. The van der Waals surface area contributed by atoms with Crippen molar-refractivity contribution in [1.29, 1.82) is 0 Å². The maximum atomic E-state index is 10.6. The summed E-state index contributed by atoms with van der Waals surface area (Å²) in [6.45, 7) is 3.69. The van der Waals surface area contributed by atoms with Crippen molar-refractivity contribution in [3.8, 4) is 0 Å². The summed E-state index contributed by atoms with van der Waals surface area (Å²) in [5.41, 5.74) is 2.17. The summed E-state index contributed by atoms with van der Waals surface area (Å²) in [7, 11) is 1.86. The summed E-state index contributed by atoms with van der Waals surface area (Å²) in [5, 5.41) is 8.69. The van der Waals surface area contributed by atoms with Gasteiger partial charge in [0.1, 0.15) is 0 Å². The van der Waals surface area contributed by atoms with Crippen LogP contribution in [-0.2, 0) is 7.05 Å². The van der Waals surface area contributed by atoms with E-state index in [0.29, 0.717) is 5.56 Å². The fraction of sp³-hybridized carbons (Fsp3) is 0.375. The summed E-state index contributed by atoms with van der Waals surface area (Å²) in [6.07, 6.45) is 0. The molecule has 1 aromatic rings. The second-order valence-electron chi connectivity index (χ2n) is 2.65. The lowest BCUT2D eigenvalue weighted by molar-refractivity contribution is 0.0696. The number of rotatable bonds is 1. The number of carboxylic acids is 1.